The predicted molar refractivity (Wildman–Crippen MR) is 92.0 cm³/mol. The molecule has 1 saturated carbocycles. The van der Waals surface area contributed by atoms with E-state index in [9.17, 15) is 32.7 Å². The van der Waals surface area contributed by atoms with Crippen molar-refractivity contribution in [1.29, 1.82) is 0 Å². The number of rotatable bonds is 5. The zero-order chi connectivity index (χ0) is 20.9. The Balaban J connectivity index is 1.84. The SMILES string of the molecule is CC1(C)C2CN(C(=O)[C@H](Cc3ccccc3)NC(=O)C(F)(F)F)C(C(=O)O)C21. The van der Waals surface area contributed by atoms with Gasteiger partial charge in [-0.1, -0.05) is 44.2 Å². The lowest BCUT2D eigenvalue weighted by Gasteiger charge is -2.31. The highest BCUT2D eigenvalue weighted by Crippen LogP contribution is 2.64. The third-order valence-corrected chi connectivity index (χ3v) is 5.89. The van der Waals surface area contributed by atoms with Gasteiger partial charge in [-0.3, -0.25) is 9.59 Å². The molecule has 9 heteroatoms. The van der Waals surface area contributed by atoms with Crippen LogP contribution in [0.4, 0.5) is 13.2 Å². The number of carbonyl (C=O) groups excluding carboxylic acids is 2. The lowest BCUT2D eigenvalue weighted by molar-refractivity contribution is -0.175. The van der Waals surface area contributed by atoms with Gasteiger partial charge in [0, 0.05) is 18.9 Å². The largest absolute Gasteiger partial charge is 0.480 e. The van der Waals surface area contributed by atoms with Crippen molar-refractivity contribution in [2.75, 3.05) is 6.54 Å². The summed E-state index contributed by atoms with van der Waals surface area (Å²) < 4.78 is 38.2. The Morgan fingerprint density at radius 3 is 2.39 bits per heavy atom. The third-order valence-electron chi connectivity index (χ3n) is 5.89. The van der Waals surface area contributed by atoms with Crippen molar-refractivity contribution in [3.05, 3.63) is 35.9 Å². The van der Waals surface area contributed by atoms with Gasteiger partial charge in [0.05, 0.1) is 0 Å². The molecule has 1 aliphatic carbocycles. The summed E-state index contributed by atoms with van der Waals surface area (Å²) >= 11 is 0. The summed E-state index contributed by atoms with van der Waals surface area (Å²) in [6.07, 6.45) is -5.31. The first-order valence-corrected chi connectivity index (χ1v) is 8.89. The summed E-state index contributed by atoms with van der Waals surface area (Å²) in [5.74, 6) is -4.49. The molecule has 0 spiro atoms. The summed E-state index contributed by atoms with van der Waals surface area (Å²) in [7, 11) is 0. The van der Waals surface area contributed by atoms with Crippen LogP contribution in [0.25, 0.3) is 0 Å². The smallest absolute Gasteiger partial charge is 0.471 e. The maximum absolute atomic E-state index is 13.0. The quantitative estimate of drug-likeness (QED) is 0.793. The fraction of sp³-hybridized carbons (Fsp3) is 0.526. The van der Waals surface area contributed by atoms with Gasteiger partial charge < -0.3 is 15.3 Å². The number of fused-ring (bicyclic) bond motifs is 1. The zero-order valence-corrected chi connectivity index (χ0v) is 15.4. The lowest BCUT2D eigenvalue weighted by Crippen LogP contribution is -2.56. The average Bonchev–Trinajstić information content (AvgIpc) is 2.96. The number of nitrogens with zero attached hydrogens (tertiary/aromatic N) is 1. The summed E-state index contributed by atoms with van der Waals surface area (Å²) in [6.45, 7) is 3.97. The number of aliphatic carboxylic acids is 1. The number of likely N-dealkylation sites (tertiary alicyclic amines) is 1. The molecule has 1 aromatic rings. The standard InChI is InChI=1S/C19H21F3N2O4/c1-18(2)11-9-24(14(13(11)18)16(26)27)15(25)12(23-17(28)19(20,21)22)8-10-6-4-3-5-7-10/h3-7,11-14H,8-9H2,1-2H3,(H,23,28)(H,26,27)/t11?,12-,13?,14?/m0/s1. The van der Waals surface area contributed by atoms with Crippen molar-refractivity contribution < 1.29 is 32.7 Å². The van der Waals surface area contributed by atoms with Crippen LogP contribution in [0.15, 0.2) is 30.3 Å². The van der Waals surface area contributed by atoms with Crippen LogP contribution >= 0.6 is 0 Å². The van der Waals surface area contributed by atoms with E-state index in [-0.39, 0.29) is 30.2 Å². The van der Waals surface area contributed by atoms with Crippen LogP contribution < -0.4 is 5.32 Å². The van der Waals surface area contributed by atoms with Crippen LogP contribution in [-0.2, 0) is 20.8 Å². The minimum atomic E-state index is -5.14. The maximum Gasteiger partial charge on any atom is 0.471 e. The molecule has 0 aromatic heterocycles. The number of hydrogen-bond donors (Lipinski definition) is 2. The molecule has 1 aromatic carbocycles. The second-order valence-corrected chi connectivity index (χ2v) is 7.94. The van der Waals surface area contributed by atoms with Crippen molar-refractivity contribution in [2.24, 2.45) is 17.3 Å². The van der Waals surface area contributed by atoms with Crippen LogP contribution in [-0.4, -0.2) is 52.6 Å². The summed E-state index contributed by atoms with van der Waals surface area (Å²) in [5.41, 5.74) is 0.323. The predicted octanol–water partition coefficient (Wildman–Crippen LogP) is 1.84. The van der Waals surface area contributed by atoms with Crippen molar-refractivity contribution in [3.8, 4) is 0 Å². The Morgan fingerprint density at radius 2 is 1.86 bits per heavy atom. The highest BCUT2D eigenvalue weighted by molar-refractivity contribution is 5.93. The van der Waals surface area contributed by atoms with Gasteiger partial charge in [-0.25, -0.2) is 4.79 Å². The van der Waals surface area contributed by atoms with E-state index in [0.29, 0.717) is 5.56 Å². The molecule has 2 N–H and O–H groups in total. The molecule has 3 unspecified atom stereocenters. The molecular formula is C19H21F3N2O4. The van der Waals surface area contributed by atoms with E-state index in [2.05, 4.69) is 0 Å². The molecule has 2 aliphatic rings. The Morgan fingerprint density at radius 1 is 1.25 bits per heavy atom. The molecule has 152 valence electrons. The van der Waals surface area contributed by atoms with Gasteiger partial charge in [-0.05, 0) is 16.9 Å². The van der Waals surface area contributed by atoms with Crippen LogP contribution in [0.5, 0.6) is 0 Å². The van der Waals surface area contributed by atoms with Gasteiger partial charge in [0.2, 0.25) is 5.91 Å². The summed E-state index contributed by atoms with van der Waals surface area (Å²) in [6, 6.07) is 5.68. The van der Waals surface area contributed by atoms with Gasteiger partial charge in [0.25, 0.3) is 0 Å². The number of nitrogens with one attached hydrogen (secondary N) is 1. The number of amides is 2. The van der Waals surface area contributed by atoms with Crippen molar-refractivity contribution in [2.45, 2.75) is 38.5 Å². The van der Waals surface area contributed by atoms with Crippen LogP contribution in [0, 0.1) is 17.3 Å². The Hall–Kier alpha value is -2.58. The Labute approximate surface area is 159 Å². The van der Waals surface area contributed by atoms with Crippen LogP contribution in [0.1, 0.15) is 19.4 Å². The molecule has 1 heterocycles. The molecule has 2 fully saturated rings. The van der Waals surface area contributed by atoms with E-state index in [4.69, 9.17) is 0 Å². The second-order valence-electron chi connectivity index (χ2n) is 7.94. The fourth-order valence-corrected chi connectivity index (χ4v) is 4.29. The number of carboxylic acid groups (broad SMARTS) is 1. The molecule has 0 bridgehead atoms. The Bertz CT molecular complexity index is 794. The highest BCUT2D eigenvalue weighted by atomic mass is 19.4. The van der Waals surface area contributed by atoms with Gasteiger partial charge in [-0.15, -0.1) is 0 Å². The van der Waals surface area contributed by atoms with Crippen molar-refractivity contribution in [1.82, 2.24) is 10.2 Å². The van der Waals surface area contributed by atoms with E-state index in [1.807, 2.05) is 13.8 Å². The number of benzene rings is 1. The minimum Gasteiger partial charge on any atom is -0.480 e. The fourth-order valence-electron chi connectivity index (χ4n) is 4.29. The van der Waals surface area contributed by atoms with Gasteiger partial charge in [0.15, 0.2) is 0 Å². The first kappa shape index (κ1) is 20.2. The van der Waals surface area contributed by atoms with Gasteiger partial charge in [-0.2, -0.15) is 13.2 Å². The molecule has 4 atom stereocenters. The molecule has 1 saturated heterocycles. The van der Waals surface area contributed by atoms with E-state index in [0.717, 1.165) is 4.90 Å². The highest BCUT2D eigenvalue weighted by Gasteiger charge is 2.69. The maximum atomic E-state index is 13.0. The minimum absolute atomic E-state index is 0.0201. The first-order chi connectivity index (χ1) is 12.9. The zero-order valence-electron chi connectivity index (χ0n) is 15.4. The van der Waals surface area contributed by atoms with Crippen LogP contribution in [0.2, 0.25) is 0 Å². The molecule has 1 aliphatic heterocycles. The topological polar surface area (TPSA) is 86.7 Å². The van der Waals surface area contributed by atoms with E-state index < -0.39 is 36.0 Å². The van der Waals surface area contributed by atoms with Crippen LogP contribution in [0.3, 0.4) is 0 Å². The number of halogens is 3. The first-order valence-electron chi connectivity index (χ1n) is 8.89. The summed E-state index contributed by atoms with van der Waals surface area (Å²) in [4.78, 5) is 37.3. The number of carboxylic acids is 1. The number of hydrogen-bond acceptors (Lipinski definition) is 3. The normalized spacial score (nSPS) is 26.3. The van der Waals surface area contributed by atoms with E-state index in [1.54, 1.807) is 35.6 Å². The molecular weight excluding hydrogens is 377 g/mol. The molecule has 6 nitrogen and oxygen atoms in total. The molecule has 2 amide bonds. The molecule has 0 radical (unpaired) electrons. The van der Waals surface area contributed by atoms with E-state index >= 15 is 0 Å². The number of carbonyl (C=O) groups is 3. The Kier molecular flexibility index (Phi) is 4.89. The molecule has 28 heavy (non-hydrogen) atoms. The lowest BCUT2D eigenvalue weighted by atomic mass is 9.99. The number of piperidine rings is 1. The van der Waals surface area contributed by atoms with Crippen molar-refractivity contribution >= 4 is 17.8 Å². The molecule has 3 rings (SSSR count). The third kappa shape index (κ3) is 3.57. The van der Waals surface area contributed by atoms with E-state index in [1.165, 1.54) is 0 Å². The number of alkyl halides is 3. The van der Waals surface area contributed by atoms with Crippen molar-refractivity contribution in [3.63, 3.8) is 0 Å². The summed E-state index contributed by atoms with van der Waals surface area (Å²) in [5, 5.41) is 11.3. The monoisotopic (exact) mass is 398 g/mol. The van der Waals surface area contributed by atoms with Gasteiger partial charge in [0.1, 0.15) is 12.1 Å². The van der Waals surface area contributed by atoms with Gasteiger partial charge >= 0.3 is 18.1 Å². The second kappa shape index (κ2) is 6.79. The average molecular weight is 398 g/mol.